The third-order valence-electron chi connectivity index (χ3n) is 1.74. The van der Waals surface area contributed by atoms with Crippen molar-refractivity contribution in [1.82, 2.24) is 0 Å². The Morgan fingerprint density at radius 2 is 1.92 bits per heavy atom. The van der Waals surface area contributed by atoms with Crippen molar-refractivity contribution in [2.75, 3.05) is 0 Å². The van der Waals surface area contributed by atoms with E-state index in [4.69, 9.17) is 0 Å². The summed E-state index contributed by atoms with van der Waals surface area (Å²) in [5, 5.41) is 2.09. The van der Waals surface area contributed by atoms with Gasteiger partial charge in [0.1, 0.15) is 0 Å². The van der Waals surface area contributed by atoms with Crippen LogP contribution >= 0.6 is 11.3 Å². The molecular formula is C10H10ClNS. The Balaban J connectivity index is 0.000000845. The fraction of sp³-hybridized carbons (Fsp3) is 0.100. The summed E-state index contributed by atoms with van der Waals surface area (Å²) in [5.41, 5.74) is 3.47. The van der Waals surface area contributed by atoms with Gasteiger partial charge in [-0.3, -0.25) is 0 Å². The highest BCUT2D eigenvalue weighted by Crippen LogP contribution is 1.98. The van der Waals surface area contributed by atoms with E-state index < -0.39 is 0 Å². The van der Waals surface area contributed by atoms with E-state index in [0.29, 0.717) is 0 Å². The Bertz CT molecular complexity index is 331. The predicted molar refractivity (Wildman–Crippen MR) is 50.1 cm³/mol. The van der Waals surface area contributed by atoms with Crippen LogP contribution in [-0.2, 0) is 6.54 Å². The molecule has 0 atom stereocenters. The molecule has 0 unspecified atom stereocenters. The summed E-state index contributed by atoms with van der Waals surface area (Å²) in [6.07, 6.45) is 2.09. The Labute approximate surface area is 88.1 Å². The Morgan fingerprint density at radius 3 is 2.54 bits per heavy atom. The molecule has 1 heterocycles. The van der Waals surface area contributed by atoms with E-state index in [1.165, 1.54) is 5.56 Å². The first-order valence-electron chi connectivity index (χ1n) is 3.90. The second-order valence-electron chi connectivity index (χ2n) is 2.68. The monoisotopic (exact) mass is 211 g/mol. The molecule has 0 saturated carbocycles. The lowest BCUT2D eigenvalue weighted by atomic mass is 10.2. The molecule has 0 radical (unpaired) electrons. The zero-order valence-corrected chi connectivity index (χ0v) is 8.63. The number of halogens is 1. The van der Waals surface area contributed by atoms with E-state index in [0.717, 1.165) is 6.54 Å². The summed E-state index contributed by atoms with van der Waals surface area (Å²) in [5.74, 6) is 0. The van der Waals surface area contributed by atoms with Crippen LogP contribution < -0.4 is 17.0 Å². The first-order valence-corrected chi connectivity index (χ1v) is 4.84. The van der Waals surface area contributed by atoms with Crippen molar-refractivity contribution in [1.29, 1.82) is 0 Å². The molecule has 0 spiro atoms. The molecule has 13 heavy (non-hydrogen) atoms. The number of hydrogen-bond donors (Lipinski definition) is 0. The molecule has 2 rings (SSSR count). The van der Waals surface area contributed by atoms with Crippen molar-refractivity contribution < 1.29 is 17.0 Å². The maximum absolute atomic E-state index is 2.18. The Hall–Kier alpha value is -0.860. The van der Waals surface area contributed by atoms with Gasteiger partial charge in [0.05, 0.1) is 5.38 Å². The van der Waals surface area contributed by atoms with E-state index in [-0.39, 0.29) is 12.4 Å². The van der Waals surface area contributed by atoms with Crippen LogP contribution in [0, 0.1) is 0 Å². The van der Waals surface area contributed by atoms with Crippen molar-refractivity contribution in [2.45, 2.75) is 6.54 Å². The number of aromatic nitrogens is 1. The Morgan fingerprint density at radius 1 is 1.15 bits per heavy atom. The smallest absolute Gasteiger partial charge is 0.224 e. The van der Waals surface area contributed by atoms with Gasteiger partial charge in [0.2, 0.25) is 5.51 Å². The standard InChI is InChI=1S/C10H10NS.ClH/c1-2-4-10(5-3-1)8-11-6-7-12-9-11;/h1-7,9H,8H2;1H/q+1;/p-1. The lowest BCUT2D eigenvalue weighted by Gasteiger charge is -1.92. The minimum Gasteiger partial charge on any atom is -1.00 e. The van der Waals surface area contributed by atoms with Gasteiger partial charge in [-0.05, 0) is 0 Å². The minimum atomic E-state index is 0. The van der Waals surface area contributed by atoms with Crippen molar-refractivity contribution in [3.8, 4) is 0 Å². The molecule has 0 bridgehead atoms. The molecule has 1 aromatic heterocycles. The highest BCUT2D eigenvalue weighted by atomic mass is 35.5. The van der Waals surface area contributed by atoms with Crippen LogP contribution in [-0.4, -0.2) is 0 Å². The molecule has 0 N–H and O–H groups in total. The summed E-state index contributed by atoms with van der Waals surface area (Å²) in [6, 6.07) is 10.5. The largest absolute Gasteiger partial charge is 1.00 e. The van der Waals surface area contributed by atoms with Gasteiger partial charge < -0.3 is 12.4 Å². The first kappa shape index (κ1) is 10.2. The molecule has 1 aromatic carbocycles. The van der Waals surface area contributed by atoms with Crippen LogP contribution in [0.25, 0.3) is 0 Å². The number of hydrogen-bond acceptors (Lipinski definition) is 1. The van der Waals surface area contributed by atoms with Crippen molar-refractivity contribution in [2.24, 2.45) is 0 Å². The topological polar surface area (TPSA) is 3.88 Å². The van der Waals surface area contributed by atoms with Crippen LogP contribution in [0.3, 0.4) is 0 Å². The third kappa shape index (κ3) is 2.83. The number of nitrogens with zero attached hydrogens (tertiary/aromatic N) is 1. The van der Waals surface area contributed by atoms with Crippen LogP contribution in [0.5, 0.6) is 0 Å². The average Bonchev–Trinajstić information content (AvgIpc) is 2.59. The normalized spacial score (nSPS) is 9.23. The van der Waals surface area contributed by atoms with E-state index in [9.17, 15) is 0 Å². The molecule has 3 heteroatoms. The lowest BCUT2D eigenvalue weighted by Crippen LogP contribution is -3.00. The van der Waals surface area contributed by atoms with Gasteiger partial charge >= 0.3 is 0 Å². The van der Waals surface area contributed by atoms with Gasteiger partial charge in [-0.25, -0.2) is 0 Å². The molecule has 0 fully saturated rings. The maximum atomic E-state index is 2.18. The Kier molecular flexibility index (Phi) is 3.93. The SMILES string of the molecule is [Cl-].c1ccc(C[n+]2ccsc2)cc1. The summed E-state index contributed by atoms with van der Waals surface area (Å²) >= 11 is 1.72. The predicted octanol–water partition coefficient (Wildman–Crippen LogP) is -0.912. The molecule has 0 saturated heterocycles. The summed E-state index contributed by atoms with van der Waals surface area (Å²) in [7, 11) is 0. The zero-order valence-electron chi connectivity index (χ0n) is 7.06. The van der Waals surface area contributed by atoms with E-state index in [2.05, 4.69) is 45.9 Å². The first-order chi connectivity index (χ1) is 5.95. The van der Waals surface area contributed by atoms with Gasteiger partial charge in [-0.1, -0.05) is 41.7 Å². The van der Waals surface area contributed by atoms with E-state index >= 15 is 0 Å². The van der Waals surface area contributed by atoms with Gasteiger partial charge in [0, 0.05) is 5.56 Å². The van der Waals surface area contributed by atoms with Gasteiger partial charge in [-0.15, -0.1) is 0 Å². The minimum absolute atomic E-state index is 0. The van der Waals surface area contributed by atoms with Gasteiger partial charge in [-0.2, -0.15) is 4.57 Å². The fourth-order valence-corrected chi connectivity index (χ4v) is 1.74. The molecule has 68 valence electrons. The van der Waals surface area contributed by atoms with Crippen LogP contribution in [0.4, 0.5) is 0 Å². The molecule has 0 amide bonds. The highest BCUT2D eigenvalue weighted by molar-refractivity contribution is 7.07. The summed E-state index contributed by atoms with van der Waals surface area (Å²) in [6.45, 7) is 0.977. The third-order valence-corrected chi connectivity index (χ3v) is 2.41. The van der Waals surface area contributed by atoms with E-state index in [1.54, 1.807) is 11.3 Å². The molecular weight excluding hydrogens is 202 g/mol. The second kappa shape index (κ2) is 5.00. The van der Waals surface area contributed by atoms with E-state index in [1.807, 2.05) is 6.07 Å². The number of thiazole rings is 1. The van der Waals surface area contributed by atoms with Crippen molar-refractivity contribution >= 4 is 11.3 Å². The lowest BCUT2D eigenvalue weighted by molar-refractivity contribution is -0.683. The van der Waals surface area contributed by atoms with Crippen molar-refractivity contribution in [3.63, 3.8) is 0 Å². The maximum Gasteiger partial charge on any atom is 0.224 e. The summed E-state index contributed by atoms with van der Waals surface area (Å²) < 4.78 is 2.18. The second-order valence-corrected chi connectivity index (χ2v) is 3.44. The van der Waals surface area contributed by atoms with Gasteiger partial charge in [0.25, 0.3) is 0 Å². The quantitative estimate of drug-likeness (QED) is 0.567. The molecule has 0 aliphatic carbocycles. The summed E-state index contributed by atoms with van der Waals surface area (Å²) in [4.78, 5) is 0. The molecule has 0 aliphatic rings. The number of rotatable bonds is 2. The number of benzene rings is 1. The van der Waals surface area contributed by atoms with Crippen molar-refractivity contribution in [3.05, 3.63) is 53.0 Å². The average molecular weight is 212 g/mol. The molecule has 2 aromatic rings. The highest BCUT2D eigenvalue weighted by Gasteiger charge is 1.99. The van der Waals surface area contributed by atoms with Crippen LogP contribution in [0.1, 0.15) is 5.56 Å². The van der Waals surface area contributed by atoms with Crippen LogP contribution in [0.15, 0.2) is 47.4 Å². The zero-order chi connectivity index (χ0) is 8.23. The van der Waals surface area contributed by atoms with Crippen LogP contribution in [0.2, 0.25) is 0 Å². The fourth-order valence-electron chi connectivity index (χ4n) is 1.15. The molecule has 1 nitrogen and oxygen atoms in total. The van der Waals surface area contributed by atoms with Gasteiger partial charge in [0.15, 0.2) is 12.7 Å². The molecule has 0 aliphatic heterocycles.